The number of carbonyl (C=O) groups excluding carboxylic acids is 1. The van der Waals surface area contributed by atoms with Crippen molar-refractivity contribution >= 4 is 28.4 Å². The fraction of sp³-hybridized carbons (Fsp3) is 0. The summed E-state index contributed by atoms with van der Waals surface area (Å²) in [5, 5.41) is 15.5. The number of anilines is 2. The molecular formula is C14H11N5O2. The van der Waals surface area contributed by atoms with E-state index in [1.54, 1.807) is 18.3 Å². The zero-order chi connectivity index (χ0) is 14.7. The first-order valence-corrected chi connectivity index (χ1v) is 6.14. The molecule has 0 aliphatic heterocycles. The molecule has 0 saturated heterocycles. The molecule has 7 nitrogen and oxygen atoms in total. The average Bonchev–Trinajstić information content (AvgIpc) is 2.48. The minimum atomic E-state index is -0.434. The molecule has 0 saturated carbocycles. The van der Waals surface area contributed by atoms with Gasteiger partial charge in [0.15, 0.2) is 5.82 Å². The highest BCUT2D eigenvalue weighted by molar-refractivity contribution is 6.05. The summed E-state index contributed by atoms with van der Waals surface area (Å²) in [5.41, 5.74) is 1.17. The van der Waals surface area contributed by atoms with Crippen LogP contribution in [0.4, 0.5) is 16.3 Å². The molecule has 3 aromatic rings. The normalized spacial score (nSPS) is 10.3. The molecule has 0 aliphatic rings. The zero-order valence-electron chi connectivity index (χ0n) is 10.8. The van der Waals surface area contributed by atoms with Gasteiger partial charge in [-0.1, -0.05) is 0 Å². The van der Waals surface area contributed by atoms with E-state index < -0.39 is 6.03 Å². The van der Waals surface area contributed by atoms with Crippen LogP contribution in [0.1, 0.15) is 0 Å². The third-order valence-electron chi connectivity index (χ3n) is 2.78. The molecule has 0 radical (unpaired) electrons. The van der Waals surface area contributed by atoms with Crippen LogP contribution in [0.2, 0.25) is 0 Å². The summed E-state index contributed by atoms with van der Waals surface area (Å²) in [6.07, 6.45) is 6.01. The van der Waals surface area contributed by atoms with Crippen molar-refractivity contribution in [2.24, 2.45) is 0 Å². The van der Waals surface area contributed by atoms with Crippen molar-refractivity contribution in [2.45, 2.75) is 0 Å². The third-order valence-corrected chi connectivity index (χ3v) is 2.78. The Morgan fingerprint density at radius 3 is 2.76 bits per heavy atom. The Morgan fingerprint density at radius 1 is 1.05 bits per heavy atom. The van der Waals surface area contributed by atoms with Gasteiger partial charge in [-0.2, -0.15) is 0 Å². The van der Waals surface area contributed by atoms with Crippen LogP contribution in [0, 0.1) is 0 Å². The maximum absolute atomic E-state index is 11.9. The van der Waals surface area contributed by atoms with Crippen LogP contribution in [0.5, 0.6) is 5.75 Å². The summed E-state index contributed by atoms with van der Waals surface area (Å²) < 4.78 is 0. The lowest BCUT2D eigenvalue weighted by atomic mass is 10.2. The summed E-state index contributed by atoms with van der Waals surface area (Å²) in [5.74, 6) is 0.474. The van der Waals surface area contributed by atoms with Crippen LogP contribution in [-0.4, -0.2) is 26.1 Å². The molecule has 0 spiro atoms. The van der Waals surface area contributed by atoms with Crippen LogP contribution in [0.3, 0.4) is 0 Å². The quantitative estimate of drug-likeness (QED) is 0.669. The number of fused-ring (bicyclic) bond motifs is 1. The summed E-state index contributed by atoms with van der Waals surface area (Å²) >= 11 is 0. The zero-order valence-corrected chi connectivity index (χ0v) is 10.8. The van der Waals surface area contributed by atoms with Crippen molar-refractivity contribution in [2.75, 3.05) is 10.6 Å². The minimum absolute atomic E-state index is 0.121. The number of aromatic nitrogens is 3. The number of phenols is 1. The number of hydrogen-bond donors (Lipinski definition) is 3. The van der Waals surface area contributed by atoms with Crippen LogP contribution in [-0.2, 0) is 0 Å². The van der Waals surface area contributed by atoms with E-state index in [4.69, 9.17) is 0 Å². The van der Waals surface area contributed by atoms with E-state index in [-0.39, 0.29) is 5.75 Å². The van der Waals surface area contributed by atoms with Gasteiger partial charge in [-0.25, -0.2) is 9.78 Å². The van der Waals surface area contributed by atoms with Gasteiger partial charge in [0.05, 0.1) is 17.4 Å². The van der Waals surface area contributed by atoms with Gasteiger partial charge in [-0.05, 0) is 18.2 Å². The van der Waals surface area contributed by atoms with Gasteiger partial charge in [0.1, 0.15) is 5.75 Å². The molecule has 0 aliphatic carbocycles. The van der Waals surface area contributed by atoms with Crippen molar-refractivity contribution < 1.29 is 9.90 Å². The molecule has 2 heterocycles. The van der Waals surface area contributed by atoms with Gasteiger partial charge in [0.2, 0.25) is 0 Å². The molecule has 0 fully saturated rings. The first-order chi connectivity index (χ1) is 10.2. The first-order valence-electron chi connectivity index (χ1n) is 6.14. The third kappa shape index (κ3) is 2.86. The number of nitrogens with one attached hydrogen (secondary N) is 2. The predicted molar refractivity (Wildman–Crippen MR) is 78.1 cm³/mol. The standard InChI is InChI=1S/C14H11N5O2/c20-9-1-2-10-11(3-4-16-12(10)7-9)18-14(21)19-13-8-15-5-6-17-13/h1-8,20H,(H2,16,17,18,19,21). The van der Waals surface area contributed by atoms with Gasteiger partial charge < -0.3 is 10.4 Å². The number of phenolic OH excluding ortho intramolecular Hbond substituents is 1. The maximum atomic E-state index is 11.9. The second-order valence-corrected chi connectivity index (χ2v) is 4.23. The number of pyridine rings is 1. The van der Waals surface area contributed by atoms with Gasteiger partial charge in [-0.3, -0.25) is 15.3 Å². The molecule has 2 aromatic heterocycles. The molecule has 7 heteroatoms. The summed E-state index contributed by atoms with van der Waals surface area (Å²) in [7, 11) is 0. The van der Waals surface area contributed by atoms with E-state index in [1.807, 2.05) is 0 Å². The monoisotopic (exact) mass is 281 g/mol. The number of benzene rings is 1. The Morgan fingerprint density at radius 2 is 1.95 bits per heavy atom. The molecule has 0 atom stereocenters. The predicted octanol–water partition coefficient (Wildman–Crippen LogP) is 2.37. The van der Waals surface area contributed by atoms with E-state index in [1.165, 1.54) is 30.7 Å². The number of hydrogen-bond acceptors (Lipinski definition) is 5. The highest BCUT2D eigenvalue weighted by Crippen LogP contribution is 2.24. The lowest BCUT2D eigenvalue weighted by Gasteiger charge is -2.09. The van der Waals surface area contributed by atoms with Crippen LogP contribution >= 0.6 is 0 Å². The fourth-order valence-corrected chi connectivity index (χ4v) is 1.88. The smallest absolute Gasteiger partial charge is 0.324 e. The Kier molecular flexibility index (Phi) is 3.30. The van der Waals surface area contributed by atoms with Crippen molar-refractivity contribution in [1.82, 2.24) is 15.0 Å². The number of amides is 2. The Labute approximate surface area is 119 Å². The van der Waals surface area contributed by atoms with Crippen molar-refractivity contribution in [1.29, 1.82) is 0 Å². The van der Waals surface area contributed by atoms with Gasteiger partial charge in [0, 0.05) is 30.0 Å². The van der Waals surface area contributed by atoms with Gasteiger partial charge in [0.25, 0.3) is 0 Å². The molecule has 0 unspecified atom stereocenters. The van der Waals surface area contributed by atoms with Crippen LogP contribution in [0.15, 0.2) is 49.1 Å². The summed E-state index contributed by atoms with van der Waals surface area (Å²) in [4.78, 5) is 23.9. The van der Waals surface area contributed by atoms with Gasteiger partial charge >= 0.3 is 6.03 Å². The molecule has 3 rings (SSSR count). The first kappa shape index (κ1) is 12.8. The van der Waals surface area contributed by atoms with Crippen LogP contribution < -0.4 is 10.6 Å². The van der Waals surface area contributed by atoms with E-state index in [2.05, 4.69) is 25.6 Å². The molecule has 0 bridgehead atoms. The Balaban J connectivity index is 1.83. The fourth-order valence-electron chi connectivity index (χ4n) is 1.88. The molecule has 2 amide bonds. The average molecular weight is 281 g/mol. The van der Waals surface area contributed by atoms with E-state index in [0.717, 1.165) is 5.39 Å². The molecular weight excluding hydrogens is 270 g/mol. The highest BCUT2D eigenvalue weighted by Gasteiger charge is 2.07. The van der Waals surface area contributed by atoms with Crippen molar-refractivity contribution in [3.8, 4) is 5.75 Å². The Bertz CT molecular complexity index is 792. The lowest BCUT2D eigenvalue weighted by molar-refractivity contribution is 0.262. The Hall–Kier alpha value is -3.22. The van der Waals surface area contributed by atoms with Crippen molar-refractivity contribution in [3.05, 3.63) is 49.1 Å². The van der Waals surface area contributed by atoms with Crippen LogP contribution in [0.25, 0.3) is 10.9 Å². The highest BCUT2D eigenvalue weighted by atomic mass is 16.3. The largest absolute Gasteiger partial charge is 0.508 e. The SMILES string of the molecule is O=C(Nc1cnccn1)Nc1ccnc2cc(O)ccc12. The number of carbonyl (C=O) groups is 1. The summed E-state index contributed by atoms with van der Waals surface area (Å²) in [6.45, 7) is 0. The molecule has 1 aromatic carbocycles. The van der Waals surface area contributed by atoms with E-state index in [9.17, 15) is 9.90 Å². The maximum Gasteiger partial charge on any atom is 0.324 e. The molecule has 104 valence electrons. The minimum Gasteiger partial charge on any atom is -0.508 e. The topological polar surface area (TPSA) is 100 Å². The second-order valence-electron chi connectivity index (χ2n) is 4.23. The number of aromatic hydroxyl groups is 1. The molecule has 3 N–H and O–H groups in total. The summed E-state index contributed by atoms with van der Waals surface area (Å²) in [6, 6.07) is 6.00. The number of rotatable bonds is 2. The molecule has 21 heavy (non-hydrogen) atoms. The number of urea groups is 1. The van der Waals surface area contributed by atoms with Crippen molar-refractivity contribution in [3.63, 3.8) is 0 Å². The number of nitrogens with zero attached hydrogens (tertiary/aromatic N) is 3. The second kappa shape index (κ2) is 5.41. The van der Waals surface area contributed by atoms with E-state index in [0.29, 0.717) is 17.0 Å². The van der Waals surface area contributed by atoms with E-state index >= 15 is 0 Å². The van der Waals surface area contributed by atoms with Gasteiger partial charge in [-0.15, -0.1) is 0 Å². The lowest BCUT2D eigenvalue weighted by Crippen LogP contribution is -2.20.